The first kappa shape index (κ1) is 38.3. The zero-order chi connectivity index (χ0) is 43.5. The lowest BCUT2D eigenvalue weighted by molar-refractivity contribution is 0.592. The molecule has 0 radical (unpaired) electrons. The lowest BCUT2D eigenvalue weighted by atomic mass is 9.74. The quantitative estimate of drug-likeness (QED) is 0.160. The first-order valence-electron chi connectivity index (χ1n) is 22.6. The van der Waals surface area contributed by atoms with Crippen LogP contribution in [0.3, 0.4) is 0 Å². The highest BCUT2D eigenvalue weighted by Crippen LogP contribution is 2.62. The Labute approximate surface area is 376 Å². The Morgan fingerprint density at radius 3 is 1.27 bits per heavy atom. The molecule has 64 heavy (non-hydrogen) atoms. The van der Waals surface area contributed by atoms with Crippen LogP contribution in [0.25, 0.3) is 44.9 Å². The molecule has 8 aromatic carbocycles. The van der Waals surface area contributed by atoms with Crippen LogP contribution in [0.1, 0.15) is 74.9 Å². The van der Waals surface area contributed by atoms with Crippen LogP contribution >= 0.6 is 0 Å². The average Bonchev–Trinajstić information content (AvgIpc) is 3.97. The van der Waals surface area contributed by atoms with Crippen LogP contribution in [0, 0.1) is 0 Å². The van der Waals surface area contributed by atoms with E-state index < -0.39 is 0 Å². The Hall–Kier alpha value is -7.36. The molecule has 0 N–H and O–H groups in total. The molecule has 0 fully saturated rings. The standard InChI is InChI=1S/C61H50N2O/c1-59(2)50-28-18-16-27-46(50)47-33-30-43(37-51(47)59)63(54-29-19-17-26-45(54)39-20-10-7-11-21-39)44-32-35-49-53(38-44)61(5,6)56-55-57(64-58(49)56)48-34-31-42(36-52(48)60(55,3)4)62(40-22-12-8-13-23-40)41-24-14-9-15-25-41/h7-38H,1-6H3. The van der Waals surface area contributed by atoms with Crippen molar-refractivity contribution in [2.75, 3.05) is 9.80 Å². The van der Waals surface area contributed by atoms with Crippen molar-refractivity contribution < 1.29 is 4.42 Å². The molecular weight excluding hydrogens is 777 g/mol. The van der Waals surface area contributed by atoms with E-state index in [0.29, 0.717) is 0 Å². The summed E-state index contributed by atoms with van der Waals surface area (Å²) in [4.78, 5) is 4.83. The molecule has 12 rings (SSSR count). The van der Waals surface area contributed by atoms with Crippen LogP contribution in [0.15, 0.2) is 199 Å². The normalized spacial score (nSPS) is 15.1. The topological polar surface area (TPSA) is 19.6 Å². The number of rotatable bonds is 7. The Kier molecular flexibility index (Phi) is 8.28. The summed E-state index contributed by atoms with van der Waals surface area (Å²) in [7, 11) is 0. The number of benzene rings is 8. The van der Waals surface area contributed by atoms with Crippen molar-refractivity contribution >= 4 is 34.1 Å². The fourth-order valence-corrected chi connectivity index (χ4v) is 11.4. The van der Waals surface area contributed by atoms with Gasteiger partial charge in [0.1, 0.15) is 11.5 Å². The molecule has 9 aromatic rings. The molecule has 1 heterocycles. The molecule has 0 saturated carbocycles. The Morgan fingerprint density at radius 2 is 0.719 bits per heavy atom. The minimum atomic E-state index is -0.327. The molecule has 0 atom stereocenters. The highest BCUT2D eigenvalue weighted by molar-refractivity contribution is 5.94. The number of fused-ring (bicyclic) bond motifs is 10. The van der Waals surface area contributed by atoms with Gasteiger partial charge in [-0.2, -0.15) is 0 Å². The molecule has 3 heteroatoms. The third-order valence-corrected chi connectivity index (χ3v) is 14.6. The van der Waals surface area contributed by atoms with Crippen LogP contribution in [0.4, 0.5) is 34.1 Å². The van der Waals surface area contributed by atoms with Gasteiger partial charge in [0.25, 0.3) is 0 Å². The van der Waals surface area contributed by atoms with E-state index in [1.165, 1.54) is 66.8 Å². The largest absolute Gasteiger partial charge is 0.455 e. The number of anilines is 6. The van der Waals surface area contributed by atoms with E-state index in [1.54, 1.807) is 0 Å². The van der Waals surface area contributed by atoms with Gasteiger partial charge in [-0.3, -0.25) is 0 Å². The lowest BCUT2D eigenvalue weighted by Gasteiger charge is -2.31. The fourth-order valence-electron chi connectivity index (χ4n) is 11.4. The first-order chi connectivity index (χ1) is 31.0. The second-order valence-corrected chi connectivity index (χ2v) is 19.3. The van der Waals surface area contributed by atoms with Gasteiger partial charge in [-0.25, -0.2) is 0 Å². The van der Waals surface area contributed by atoms with Gasteiger partial charge in [-0.15, -0.1) is 0 Å². The van der Waals surface area contributed by atoms with Gasteiger partial charge < -0.3 is 14.2 Å². The Balaban J connectivity index is 0.987. The molecule has 0 saturated heterocycles. The third-order valence-electron chi connectivity index (χ3n) is 14.6. The monoisotopic (exact) mass is 826 g/mol. The minimum Gasteiger partial charge on any atom is -0.455 e. The third kappa shape index (κ3) is 5.46. The molecule has 0 spiro atoms. The van der Waals surface area contributed by atoms with Crippen LogP contribution in [-0.2, 0) is 16.2 Å². The van der Waals surface area contributed by atoms with E-state index in [4.69, 9.17) is 4.42 Å². The molecule has 0 unspecified atom stereocenters. The van der Waals surface area contributed by atoms with E-state index in [0.717, 1.165) is 45.6 Å². The summed E-state index contributed by atoms with van der Waals surface area (Å²) in [6.45, 7) is 14.3. The van der Waals surface area contributed by atoms with Crippen molar-refractivity contribution in [2.45, 2.75) is 57.8 Å². The summed E-state index contributed by atoms with van der Waals surface area (Å²) < 4.78 is 7.19. The zero-order valence-corrected chi connectivity index (χ0v) is 37.3. The molecule has 3 nitrogen and oxygen atoms in total. The molecule has 1 aromatic heterocycles. The second kappa shape index (κ2) is 13.8. The van der Waals surface area contributed by atoms with Gasteiger partial charge in [-0.05, 0) is 118 Å². The molecule has 0 aliphatic heterocycles. The Morgan fingerprint density at radius 1 is 0.312 bits per heavy atom. The summed E-state index contributed by atoms with van der Waals surface area (Å²) in [6, 6.07) is 71.0. The molecular formula is C61H50N2O. The van der Waals surface area contributed by atoms with Crippen LogP contribution < -0.4 is 9.80 Å². The smallest absolute Gasteiger partial charge is 0.139 e. The maximum atomic E-state index is 7.19. The lowest BCUT2D eigenvalue weighted by Crippen LogP contribution is -2.23. The average molecular weight is 827 g/mol. The van der Waals surface area contributed by atoms with E-state index in [-0.39, 0.29) is 16.2 Å². The maximum Gasteiger partial charge on any atom is 0.139 e. The van der Waals surface area contributed by atoms with E-state index in [9.17, 15) is 0 Å². The highest BCUT2D eigenvalue weighted by Gasteiger charge is 2.50. The number of para-hydroxylation sites is 3. The van der Waals surface area contributed by atoms with Gasteiger partial charge in [0, 0.05) is 72.5 Å². The van der Waals surface area contributed by atoms with Crippen molar-refractivity contribution in [2.24, 2.45) is 0 Å². The molecule has 0 amide bonds. The molecule has 3 aliphatic rings. The SMILES string of the molecule is CC1(C)c2ccccc2-c2ccc(N(c3ccc4c(c3)C(C)(C)c3c-4oc4c3C(C)(C)c3cc(N(c5ccccc5)c5ccccc5)ccc3-4)c3ccccc3-c3ccccc3)cc21. The predicted molar refractivity (Wildman–Crippen MR) is 266 cm³/mol. The van der Waals surface area contributed by atoms with Crippen molar-refractivity contribution in [1.82, 2.24) is 0 Å². The molecule has 3 aliphatic carbocycles. The van der Waals surface area contributed by atoms with E-state index in [1.807, 2.05) is 0 Å². The van der Waals surface area contributed by atoms with Crippen molar-refractivity contribution in [3.05, 3.63) is 228 Å². The number of furan rings is 1. The number of hydrogen-bond donors (Lipinski definition) is 0. The first-order valence-corrected chi connectivity index (χ1v) is 22.6. The molecule has 0 bridgehead atoms. The van der Waals surface area contributed by atoms with Gasteiger partial charge in [0.2, 0.25) is 0 Å². The fraction of sp³-hybridized carbons (Fsp3) is 0.148. The summed E-state index contributed by atoms with van der Waals surface area (Å²) in [5.74, 6) is 2.01. The molecule has 310 valence electrons. The van der Waals surface area contributed by atoms with E-state index in [2.05, 4.69) is 245 Å². The van der Waals surface area contributed by atoms with Gasteiger partial charge in [0.15, 0.2) is 0 Å². The van der Waals surface area contributed by atoms with Crippen molar-refractivity contribution in [3.8, 4) is 44.9 Å². The number of nitrogens with zero attached hydrogens (tertiary/aromatic N) is 2. The minimum absolute atomic E-state index is 0.131. The second-order valence-electron chi connectivity index (χ2n) is 19.3. The van der Waals surface area contributed by atoms with Gasteiger partial charge >= 0.3 is 0 Å². The van der Waals surface area contributed by atoms with Gasteiger partial charge in [0.05, 0.1) is 5.69 Å². The van der Waals surface area contributed by atoms with Crippen molar-refractivity contribution in [3.63, 3.8) is 0 Å². The number of hydrogen-bond acceptors (Lipinski definition) is 3. The summed E-state index contributed by atoms with van der Waals surface area (Å²) in [5.41, 5.74) is 21.3. The summed E-state index contributed by atoms with van der Waals surface area (Å²) in [5, 5.41) is 0. The highest BCUT2D eigenvalue weighted by atomic mass is 16.3. The van der Waals surface area contributed by atoms with Crippen LogP contribution in [0.5, 0.6) is 0 Å². The Bertz CT molecular complexity index is 3260. The van der Waals surface area contributed by atoms with Crippen LogP contribution in [-0.4, -0.2) is 0 Å². The van der Waals surface area contributed by atoms with Crippen LogP contribution in [0.2, 0.25) is 0 Å². The summed E-state index contributed by atoms with van der Waals surface area (Å²) >= 11 is 0. The van der Waals surface area contributed by atoms with Crippen molar-refractivity contribution in [1.29, 1.82) is 0 Å². The maximum absolute atomic E-state index is 7.19. The predicted octanol–water partition coefficient (Wildman–Crippen LogP) is 16.8. The van der Waals surface area contributed by atoms with E-state index >= 15 is 0 Å². The summed E-state index contributed by atoms with van der Waals surface area (Å²) in [6.07, 6.45) is 0. The van der Waals surface area contributed by atoms with Gasteiger partial charge in [-0.1, -0.05) is 157 Å². The zero-order valence-electron chi connectivity index (χ0n) is 37.3.